The van der Waals surface area contributed by atoms with Crippen molar-refractivity contribution in [1.29, 1.82) is 0 Å². The monoisotopic (exact) mass is 105 g/mol. The molecule has 1 heterocycles. The highest BCUT2D eigenvalue weighted by Gasteiger charge is 1.95. The number of hydrogen-bond donors (Lipinski definition) is 1. The lowest BCUT2D eigenvalue weighted by Crippen LogP contribution is -1.73. The molecule has 1 rings (SSSR count). The van der Waals surface area contributed by atoms with Gasteiger partial charge in [-0.3, -0.25) is 0 Å². The van der Waals surface area contributed by atoms with Crippen LogP contribution in [0.5, 0.6) is 0 Å². The maximum absolute atomic E-state index is 10.00. The Labute approximate surface area is 37.6 Å². The Morgan fingerprint density at radius 3 is 2.00 bits per heavy atom. The van der Waals surface area contributed by atoms with Gasteiger partial charge in [-0.2, -0.15) is 0 Å². The second kappa shape index (κ2) is 2.17. The summed E-state index contributed by atoms with van der Waals surface area (Å²) < 4.78 is 10.00. The molecule has 6 heavy (non-hydrogen) atoms. The molecule has 0 radical (unpaired) electrons. The van der Waals surface area contributed by atoms with Crippen molar-refractivity contribution in [1.82, 2.24) is 6.15 Å². The largest absolute Gasteiger partial charge is 0.344 e. The summed E-state index contributed by atoms with van der Waals surface area (Å²) in [6.07, 6.45) is 2.78. The molecule has 1 atom stereocenters. The standard InChI is InChI=1S/C3H5OP.H3N/c4-5-2-1-3-5;/h1-2,5H,3H2;1H3. The van der Waals surface area contributed by atoms with E-state index in [1.54, 1.807) is 5.82 Å². The maximum atomic E-state index is 10.00. The fourth-order valence-corrected chi connectivity index (χ4v) is 0.642. The molecule has 3 heteroatoms. The van der Waals surface area contributed by atoms with Crippen LogP contribution in [-0.4, -0.2) is 6.16 Å². The van der Waals surface area contributed by atoms with E-state index in [1.165, 1.54) is 0 Å². The van der Waals surface area contributed by atoms with Gasteiger partial charge in [0.2, 0.25) is 0 Å². The van der Waals surface area contributed by atoms with E-state index in [0.29, 0.717) is 0 Å². The van der Waals surface area contributed by atoms with Crippen LogP contribution < -0.4 is 6.15 Å². The third kappa shape index (κ3) is 0.959. The zero-order valence-corrected chi connectivity index (χ0v) is 4.48. The minimum atomic E-state index is -1.12. The van der Waals surface area contributed by atoms with Crippen LogP contribution in [0.4, 0.5) is 0 Å². The summed E-state index contributed by atoms with van der Waals surface area (Å²) in [5.74, 6) is 1.77. The molecule has 1 aliphatic heterocycles. The van der Waals surface area contributed by atoms with E-state index in [-0.39, 0.29) is 6.15 Å². The third-order valence-corrected chi connectivity index (χ3v) is 1.87. The molecule has 0 aromatic heterocycles. The summed E-state index contributed by atoms with van der Waals surface area (Å²) in [6, 6.07) is 0. The molecule has 1 unspecified atom stereocenters. The van der Waals surface area contributed by atoms with Crippen molar-refractivity contribution in [2.24, 2.45) is 0 Å². The van der Waals surface area contributed by atoms with Crippen LogP contribution in [0.1, 0.15) is 0 Å². The van der Waals surface area contributed by atoms with E-state index in [4.69, 9.17) is 0 Å². The average molecular weight is 105 g/mol. The average Bonchev–Trinajstić information content (AvgIpc) is 1.30. The first-order valence-electron chi connectivity index (χ1n) is 1.59. The lowest BCUT2D eigenvalue weighted by molar-refractivity contribution is 0.592. The number of allylic oxidation sites excluding steroid dienone is 1. The van der Waals surface area contributed by atoms with Crippen LogP contribution >= 0.6 is 7.80 Å². The Kier molecular flexibility index (Phi) is 2.14. The Morgan fingerprint density at radius 1 is 1.67 bits per heavy atom. The summed E-state index contributed by atoms with van der Waals surface area (Å²) in [5.41, 5.74) is 0. The fraction of sp³-hybridized carbons (Fsp3) is 0.333. The Bertz CT molecular complexity index is 88.8. The zero-order chi connectivity index (χ0) is 3.70. The quantitative estimate of drug-likeness (QED) is 0.471. The lowest BCUT2D eigenvalue weighted by atomic mass is 10.7. The van der Waals surface area contributed by atoms with Crippen molar-refractivity contribution in [3.05, 3.63) is 11.9 Å². The highest BCUT2D eigenvalue weighted by Crippen LogP contribution is 2.29. The van der Waals surface area contributed by atoms with Crippen molar-refractivity contribution in [3.63, 3.8) is 0 Å². The Hall–Kier alpha value is -0.0700. The van der Waals surface area contributed by atoms with Gasteiger partial charge in [0.15, 0.2) is 0 Å². The smallest absolute Gasteiger partial charge is 0.100 e. The normalized spacial score (nSPS) is 27.7. The molecule has 0 fully saturated rings. The van der Waals surface area contributed by atoms with Gasteiger partial charge in [-0.25, -0.2) is 0 Å². The summed E-state index contributed by atoms with van der Waals surface area (Å²) >= 11 is 0. The second-order valence-corrected chi connectivity index (χ2v) is 2.75. The van der Waals surface area contributed by atoms with Gasteiger partial charge in [0.1, 0.15) is 7.80 Å². The lowest BCUT2D eigenvalue weighted by Gasteiger charge is -1.94. The van der Waals surface area contributed by atoms with E-state index >= 15 is 0 Å². The van der Waals surface area contributed by atoms with Gasteiger partial charge in [-0.15, -0.1) is 0 Å². The van der Waals surface area contributed by atoms with Crippen molar-refractivity contribution < 1.29 is 4.57 Å². The summed E-state index contributed by atoms with van der Waals surface area (Å²) in [5, 5.41) is 0. The fourth-order valence-electron chi connectivity index (χ4n) is 0.214. The molecule has 3 N–H and O–H groups in total. The van der Waals surface area contributed by atoms with Gasteiger partial charge < -0.3 is 10.7 Å². The van der Waals surface area contributed by atoms with Gasteiger partial charge in [0, 0.05) is 6.16 Å². The molecule has 36 valence electrons. The highest BCUT2D eigenvalue weighted by atomic mass is 31.1. The van der Waals surface area contributed by atoms with E-state index in [0.717, 1.165) is 6.16 Å². The van der Waals surface area contributed by atoms with Gasteiger partial charge in [-0.1, -0.05) is 6.08 Å². The van der Waals surface area contributed by atoms with Crippen molar-refractivity contribution in [2.75, 3.05) is 6.16 Å². The predicted octanol–water partition coefficient (Wildman–Crippen LogP) is 1.24. The first-order chi connectivity index (χ1) is 2.39. The topological polar surface area (TPSA) is 52.1 Å². The molecule has 1 aliphatic rings. The minimum Gasteiger partial charge on any atom is -0.344 e. The highest BCUT2D eigenvalue weighted by molar-refractivity contribution is 7.50. The van der Waals surface area contributed by atoms with Crippen molar-refractivity contribution in [2.45, 2.75) is 0 Å². The van der Waals surface area contributed by atoms with Gasteiger partial charge in [0.05, 0.1) is 0 Å². The van der Waals surface area contributed by atoms with Crippen LogP contribution in [0.3, 0.4) is 0 Å². The molecule has 0 spiro atoms. The van der Waals surface area contributed by atoms with Crippen molar-refractivity contribution in [3.8, 4) is 0 Å². The molecule has 0 aliphatic carbocycles. The summed E-state index contributed by atoms with van der Waals surface area (Å²) in [6.45, 7) is 0. The molecule has 0 amide bonds. The number of rotatable bonds is 0. The Balaban J connectivity index is 0.000000250. The van der Waals surface area contributed by atoms with Crippen LogP contribution in [-0.2, 0) is 4.57 Å². The maximum Gasteiger partial charge on any atom is 0.100 e. The first-order valence-corrected chi connectivity index (χ1v) is 3.28. The zero-order valence-electron chi connectivity index (χ0n) is 3.48. The van der Waals surface area contributed by atoms with E-state index in [9.17, 15) is 4.57 Å². The molecular weight excluding hydrogens is 97.0 g/mol. The molecular formula is C3H8NOP. The molecule has 0 saturated carbocycles. The van der Waals surface area contributed by atoms with Gasteiger partial charge in [0.25, 0.3) is 0 Å². The van der Waals surface area contributed by atoms with Crippen LogP contribution in [0.15, 0.2) is 11.9 Å². The van der Waals surface area contributed by atoms with Crippen LogP contribution in [0.25, 0.3) is 0 Å². The second-order valence-electron chi connectivity index (χ2n) is 1.07. The summed E-state index contributed by atoms with van der Waals surface area (Å²) in [7, 11) is -1.12. The van der Waals surface area contributed by atoms with Crippen LogP contribution in [0.2, 0.25) is 0 Å². The van der Waals surface area contributed by atoms with Crippen LogP contribution in [0, 0.1) is 0 Å². The van der Waals surface area contributed by atoms with E-state index < -0.39 is 7.80 Å². The van der Waals surface area contributed by atoms with E-state index in [1.807, 2.05) is 6.08 Å². The summed E-state index contributed by atoms with van der Waals surface area (Å²) in [4.78, 5) is 0. The molecule has 0 aromatic carbocycles. The van der Waals surface area contributed by atoms with E-state index in [2.05, 4.69) is 0 Å². The Morgan fingerprint density at radius 2 is 2.00 bits per heavy atom. The van der Waals surface area contributed by atoms with Gasteiger partial charge in [-0.05, 0) is 5.82 Å². The molecule has 0 aromatic rings. The third-order valence-electron chi connectivity index (χ3n) is 0.623. The molecule has 2 nitrogen and oxygen atoms in total. The SMILES string of the molecule is N.O=[PH]1C=CC1. The molecule has 0 saturated heterocycles. The minimum absolute atomic E-state index is 0. The van der Waals surface area contributed by atoms with Crippen molar-refractivity contribution >= 4 is 7.80 Å². The van der Waals surface area contributed by atoms with Gasteiger partial charge >= 0.3 is 0 Å². The molecule has 0 bridgehead atoms. The number of hydrogen-bond acceptors (Lipinski definition) is 2. The predicted molar refractivity (Wildman–Crippen MR) is 28.0 cm³/mol. The first kappa shape index (κ1) is 5.93.